The molecule has 1 saturated heterocycles. The molecule has 0 aromatic carbocycles. The SMILES string of the molecule is CCO[C@H]1CC[C@H](OCC)OC1. The Bertz CT molecular complexity index is 94.3. The van der Waals surface area contributed by atoms with Crippen LogP contribution in [0.5, 0.6) is 0 Å². The fourth-order valence-electron chi connectivity index (χ4n) is 1.39. The van der Waals surface area contributed by atoms with Gasteiger partial charge in [-0.3, -0.25) is 0 Å². The summed E-state index contributed by atoms with van der Waals surface area (Å²) in [4.78, 5) is 0. The summed E-state index contributed by atoms with van der Waals surface area (Å²) in [7, 11) is 0. The summed E-state index contributed by atoms with van der Waals surface area (Å²) in [6.07, 6.45) is 2.30. The van der Waals surface area contributed by atoms with Gasteiger partial charge in [0, 0.05) is 19.6 Å². The van der Waals surface area contributed by atoms with Crippen LogP contribution in [0.25, 0.3) is 0 Å². The number of rotatable bonds is 4. The van der Waals surface area contributed by atoms with Crippen LogP contribution in [0.4, 0.5) is 0 Å². The molecule has 0 radical (unpaired) electrons. The molecule has 0 amide bonds. The third kappa shape index (κ3) is 3.09. The van der Waals surface area contributed by atoms with Crippen LogP contribution < -0.4 is 0 Å². The Morgan fingerprint density at radius 2 is 1.92 bits per heavy atom. The van der Waals surface area contributed by atoms with E-state index in [0.717, 1.165) is 26.1 Å². The molecule has 1 heterocycles. The standard InChI is InChI=1S/C9H18O3/c1-3-10-8-5-6-9(11-4-2)12-7-8/h8-9H,3-7H2,1-2H3/t8-,9+/m0/s1. The molecule has 0 spiro atoms. The monoisotopic (exact) mass is 174 g/mol. The molecule has 1 aliphatic rings. The minimum atomic E-state index is 0.00621. The maximum atomic E-state index is 5.44. The van der Waals surface area contributed by atoms with Crippen LogP contribution in [-0.4, -0.2) is 32.2 Å². The third-order valence-corrected chi connectivity index (χ3v) is 1.95. The summed E-state index contributed by atoms with van der Waals surface area (Å²) in [6.45, 7) is 6.17. The Morgan fingerprint density at radius 3 is 2.42 bits per heavy atom. The molecule has 0 aromatic heterocycles. The van der Waals surface area contributed by atoms with Crippen molar-refractivity contribution in [3.05, 3.63) is 0 Å². The largest absolute Gasteiger partial charge is 0.376 e. The van der Waals surface area contributed by atoms with Gasteiger partial charge in [-0.05, 0) is 20.3 Å². The van der Waals surface area contributed by atoms with Crippen molar-refractivity contribution in [2.24, 2.45) is 0 Å². The Labute approximate surface area is 74.0 Å². The van der Waals surface area contributed by atoms with Gasteiger partial charge in [-0.15, -0.1) is 0 Å². The predicted octanol–water partition coefficient (Wildman–Crippen LogP) is 1.56. The fourth-order valence-corrected chi connectivity index (χ4v) is 1.39. The minimum Gasteiger partial charge on any atom is -0.376 e. The maximum absolute atomic E-state index is 5.44. The van der Waals surface area contributed by atoms with Gasteiger partial charge in [0.1, 0.15) is 0 Å². The van der Waals surface area contributed by atoms with Gasteiger partial charge in [0.15, 0.2) is 6.29 Å². The van der Waals surface area contributed by atoms with Crippen molar-refractivity contribution in [3.63, 3.8) is 0 Å². The first-order valence-corrected chi connectivity index (χ1v) is 4.71. The van der Waals surface area contributed by atoms with Crippen molar-refractivity contribution in [2.45, 2.75) is 39.1 Å². The first-order chi connectivity index (χ1) is 5.86. The summed E-state index contributed by atoms with van der Waals surface area (Å²) in [5.41, 5.74) is 0. The van der Waals surface area contributed by atoms with Crippen LogP contribution in [0.2, 0.25) is 0 Å². The van der Waals surface area contributed by atoms with E-state index in [1.54, 1.807) is 0 Å². The molecule has 0 unspecified atom stereocenters. The van der Waals surface area contributed by atoms with Crippen molar-refractivity contribution in [2.75, 3.05) is 19.8 Å². The second kappa shape index (κ2) is 5.51. The molecule has 0 aromatic rings. The van der Waals surface area contributed by atoms with Crippen molar-refractivity contribution in [1.82, 2.24) is 0 Å². The number of hydrogen-bond donors (Lipinski definition) is 0. The lowest BCUT2D eigenvalue weighted by atomic mass is 10.1. The van der Waals surface area contributed by atoms with Gasteiger partial charge < -0.3 is 14.2 Å². The molecule has 1 rings (SSSR count). The van der Waals surface area contributed by atoms with E-state index in [1.807, 2.05) is 13.8 Å². The van der Waals surface area contributed by atoms with Gasteiger partial charge >= 0.3 is 0 Å². The number of hydrogen-bond acceptors (Lipinski definition) is 3. The average molecular weight is 174 g/mol. The zero-order chi connectivity index (χ0) is 8.81. The van der Waals surface area contributed by atoms with E-state index in [0.29, 0.717) is 6.61 Å². The first-order valence-electron chi connectivity index (χ1n) is 4.71. The number of ether oxygens (including phenoxy) is 3. The zero-order valence-corrected chi connectivity index (χ0v) is 7.91. The molecule has 3 heteroatoms. The smallest absolute Gasteiger partial charge is 0.157 e. The molecule has 0 aliphatic carbocycles. The van der Waals surface area contributed by atoms with Crippen LogP contribution in [-0.2, 0) is 14.2 Å². The van der Waals surface area contributed by atoms with Crippen LogP contribution in [0, 0.1) is 0 Å². The highest BCUT2D eigenvalue weighted by Crippen LogP contribution is 2.16. The van der Waals surface area contributed by atoms with E-state index in [2.05, 4.69) is 0 Å². The van der Waals surface area contributed by atoms with Crippen molar-refractivity contribution in [1.29, 1.82) is 0 Å². The van der Waals surface area contributed by atoms with Crippen molar-refractivity contribution >= 4 is 0 Å². The minimum absolute atomic E-state index is 0.00621. The summed E-state index contributed by atoms with van der Waals surface area (Å²) in [5, 5.41) is 0. The third-order valence-electron chi connectivity index (χ3n) is 1.95. The predicted molar refractivity (Wildman–Crippen MR) is 46.0 cm³/mol. The molecule has 1 aliphatic heterocycles. The second-order valence-electron chi connectivity index (χ2n) is 2.87. The summed E-state index contributed by atoms with van der Waals surface area (Å²) < 4.78 is 16.2. The molecule has 0 N–H and O–H groups in total. The second-order valence-corrected chi connectivity index (χ2v) is 2.87. The first kappa shape index (κ1) is 9.96. The lowest BCUT2D eigenvalue weighted by Gasteiger charge is -2.28. The highest BCUT2D eigenvalue weighted by atomic mass is 16.7. The molecule has 1 fully saturated rings. The lowest BCUT2D eigenvalue weighted by molar-refractivity contribution is -0.191. The van der Waals surface area contributed by atoms with E-state index in [9.17, 15) is 0 Å². The van der Waals surface area contributed by atoms with Gasteiger partial charge in [-0.25, -0.2) is 0 Å². The topological polar surface area (TPSA) is 27.7 Å². The fraction of sp³-hybridized carbons (Fsp3) is 1.00. The summed E-state index contributed by atoms with van der Waals surface area (Å²) in [6, 6.07) is 0. The quantitative estimate of drug-likeness (QED) is 0.647. The van der Waals surface area contributed by atoms with Gasteiger partial charge in [-0.2, -0.15) is 0 Å². The molecule has 3 nitrogen and oxygen atoms in total. The van der Waals surface area contributed by atoms with E-state index >= 15 is 0 Å². The van der Waals surface area contributed by atoms with Crippen LogP contribution in [0.1, 0.15) is 26.7 Å². The van der Waals surface area contributed by atoms with E-state index in [-0.39, 0.29) is 12.4 Å². The highest BCUT2D eigenvalue weighted by Gasteiger charge is 2.21. The Hall–Kier alpha value is -0.120. The maximum Gasteiger partial charge on any atom is 0.157 e. The van der Waals surface area contributed by atoms with Crippen LogP contribution in [0.3, 0.4) is 0 Å². The van der Waals surface area contributed by atoms with Crippen molar-refractivity contribution in [3.8, 4) is 0 Å². The summed E-state index contributed by atoms with van der Waals surface area (Å²) >= 11 is 0. The zero-order valence-electron chi connectivity index (χ0n) is 7.91. The van der Waals surface area contributed by atoms with E-state index in [4.69, 9.17) is 14.2 Å². The molecule has 2 atom stereocenters. The Morgan fingerprint density at radius 1 is 1.17 bits per heavy atom. The summed E-state index contributed by atoms with van der Waals surface area (Å²) in [5.74, 6) is 0. The van der Waals surface area contributed by atoms with Crippen LogP contribution in [0.15, 0.2) is 0 Å². The van der Waals surface area contributed by atoms with Crippen molar-refractivity contribution < 1.29 is 14.2 Å². The average Bonchev–Trinajstić information content (AvgIpc) is 2.09. The molecular formula is C9H18O3. The normalized spacial score (nSPS) is 30.5. The van der Waals surface area contributed by atoms with Gasteiger partial charge in [0.25, 0.3) is 0 Å². The van der Waals surface area contributed by atoms with E-state index in [1.165, 1.54) is 0 Å². The molecular weight excluding hydrogens is 156 g/mol. The highest BCUT2D eigenvalue weighted by molar-refractivity contribution is 4.64. The van der Waals surface area contributed by atoms with Crippen LogP contribution >= 0.6 is 0 Å². The Kier molecular flexibility index (Phi) is 4.58. The van der Waals surface area contributed by atoms with Gasteiger partial charge in [0.05, 0.1) is 12.7 Å². The molecule has 0 saturated carbocycles. The lowest BCUT2D eigenvalue weighted by Crippen LogP contribution is -2.32. The molecule has 72 valence electrons. The van der Waals surface area contributed by atoms with Gasteiger partial charge in [-0.1, -0.05) is 0 Å². The van der Waals surface area contributed by atoms with Gasteiger partial charge in [0.2, 0.25) is 0 Å². The molecule has 12 heavy (non-hydrogen) atoms. The molecule has 0 bridgehead atoms. The van der Waals surface area contributed by atoms with E-state index < -0.39 is 0 Å². The Balaban J connectivity index is 2.11.